The van der Waals surface area contributed by atoms with Gasteiger partial charge in [0.25, 0.3) is 0 Å². The predicted molar refractivity (Wildman–Crippen MR) is 67.5 cm³/mol. The van der Waals surface area contributed by atoms with Crippen molar-refractivity contribution >= 4 is 5.91 Å². The quantitative estimate of drug-likeness (QED) is 0.812. The topological polar surface area (TPSA) is 85.8 Å². The monoisotopic (exact) mass is 251 g/mol. The van der Waals surface area contributed by atoms with E-state index in [4.69, 9.17) is 5.73 Å². The smallest absolute Gasteiger partial charge is 0.227 e. The summed E-state index contributed by atoms with van der Waals surface area (Å²) in [6, 6.07) is -0.0402. The van der Waals surface area contributed by atoms with Crippen molar-refractivity contribution in [2.24, 2.45) is 11.1 Å². The minimum Gasteiger partial charge on any atom is -0.348 e. The lowest BCUT2D eigenvalue weighted by molar-refractivity contribution is -0.130. The number of carbonyl (C=O) groups excluding carboxylic acids is 1. The van der Waals surface area contributed by atoms with Crippen molar-refractivity contribution in [3.05, 3.63) is 12.2 Å². The lowest BCUT2D eigenvalue weighted by Gasteiger charge is -2.27. The molecule has 1 fully saturated rings. The van der Waals surface area contributed by atoms with E-state index in [1.165, 1.54) is 0 Å². The molecule has 6 nitrogen and oxygen atoms in total. The average Bonchev–Trinajstić information content (AvgIpc) is 2.94. The van der Waals surface area contributed by atoms with Crippen LogP contribution in [0, 0.1) is 5.41 Å². The van der Waals surface area contributed by atoms with E-state index in [2.05, 4.69) is 15.5 Å². The zero-order valence-corrected chi connectivity index (χ0v) is 11.0. The standard InChI is InChI=1S/C12H21N5O/c1-3-17-8-15-16-10(17)7-14-11(18)12(2)6-4-5-9(12)13/h8-9H,3-7,13H2,1-2H3,(H,14,18). The third kappa shape index (κ3) is 2.25. The fourth-order valence-corrected chi connectivity index (χ4v) is 2.52. The number of rotatable bonds is 4. The molecule has 1 heterocycles. The van der Waals surface area contributed by atoms with Crippen LogP contribution in [0.4, 0.5) is 0 Å². The number of nitrogens with zero attached hydrogens (tertiary/aromatic N) is 3. The van der Waals surface area contributed by atoms with Crippen LogP contribution >= 0.6 is 0 Å². The molecule has 0 saturated heterocycles. The van der Waals surface area contributed by atoms with E-state index in [1.54, 1.807) is 6.33 Å². The molecular weight excluding hydrogens is 230 g/mol. The van der Waals surface area contributed by atoms with Gasteiger partial charge < -0.3 is 15.6 Å². The van der Waals surface area contributed by atoms with Crippen molar-refractivity contribution in [2.75, 3.05) is 0 Å². The number of hydrogen-bond acceptors (Lipinski definition) is 4. The van der Waals surface area contributed by atoms with Crippen LogP contribution in [0.5, 0.6) is 0 Å². The maximum Gasteiger partial charge on any atom is 0.227 e. The Labute approximate surface area is 107 Å². The molecule has 0 spiro atoms. The Kier molecular flexibility index (Phi) is 3.65. The van der Waals surface area contributed by atoms with Crippen molar-refractivity contribution < 1.29 is 4.79 Å². The molecule has 1 aromatic heterocycles. The zero-order chi connectivity index (χ0) is 13.2. The Morgan fingerprint density at radius 3 is 3.11 bits per heavy atom. The molecule has 0 radical (unpaired) electrons. The first kappa shape index (κ1) is 13.0. The highest BCUT2D eigenvalue weighted by atomic mass is 16.2. The van der Waals surface area contributed by atoms with E-state index in [0.29, 0.717) is 6.54 Å². The molecule has 1 aliphatic rings. The number of aryl methyl sites for hydroxylation is 1. The molecule has 0 bridgehead atoms. The molecule has 0 aromatic carbocycles. The van der Waals surface area contributed by atoms with Crippen LogP contribution in [0.3, 0.4) is 0 Å². The van der Waals surface area contributed by atoms with Crippen LogP contribution in [-0.4, -0.2) is 26.7 Å². The Hall–Kier alpha value is -1.43. The first-order chi connectivity index (χ1) is 8.58. The van der Waals surface area contributed by atoms with Gasteiger partial charge in [-0.2, -0.15) is 0 Å². The van der Waals surface area contributed by atoms with Gasteiger partial charge in [-0.3, -0.25) is 4.79 Å². The minimum atomic E-state index is -0.433. The average molecular weight is 251 g/mol. The fourth-order valence-electron chi connectivity index (χ4n) is 2.52. The number of aromatic nitrogens is 3. The van der Waals surface area contributed by atoms with Crippen LogP contribution in [-0.2, 0) is 17.9 Å². The molecule has 3 N–H and O–H groups in total. The van der Waals surface area contributed by atoms with Crippen molar-refractivity contribution in [1.29, 1.82) is 0 Å². The van der Waals surface area contributed by atoms with Crippen LogP contribution < -0.4 is 11.1 Å². The Morgan fingerprint density at radius 2 is 2.50 bits per heavy atom. The largest absolute Gasteiger partial charge is 0.348 e. The summed E-state index contributed by atoms with van der Waals surface area (Å²) in [6.07, 6.45) is 4.48. The van der Waals surface area contributed by atoms with Gasteiger partial charge in [0.2, 0.25) is 5.91 Å². The van der Waals surface area contributed by atoms with Gasteiger partial charge in [-0.1, -0.05) is 6.42 Å². The fraction of sp³-hybridized carbons (Fsp3) is 0.750. The third-order valence-electron chi connectivity index (χ3n) is 3.99. The SMILES string of the molecule is CCn1cnnc1CNC(=O)C1(C)CCCC1N. The highest BCUT2D eigenvalue weighted by Crippen LogP contribution is 2.36. The summed E-state index contributed by atoms with van der Waals surface area (Å²) in [6.45, 7) is 5.18. The first-order valence-electron chi connectivity index (χ1n) is 6.48. The van der Waals surface area contributed by atoms with Gasteiger partial charge in [-0.15, -0.1) is 10.2 Å². The van der Waals surface area contributed by atoms with E-state index >= 15 is 0 Å². The molecule has 18 heavy (non-hydrogen) atoms. The maximum absolute atomic E-state index is 12.2. The van der Waals surface area contributed by atoms with E-state index in [1.807, 2.05) is 18.4 Å². The zero-order valence-electron chi connectivity index (χ0n) is 11.0. The van der Waals surface area contributed by atoms with Gasteiger partial charge in [-0.25, -0.2) is 0 Å². The van der Waals surface area contributed by atoms with Crippen LogP contribution in [0.25, 0.3) is 0 Å². The molecule has 2 rings (SSSR count). The summed E-state index contributed by atoms with van der Waals surface area (Å²) < 4.78 is 1.91. The predicted octanol–water partition coefficient (Wildman–Crippen LogP) is 0.432. The normalized spacial score (nSPS) is 27.4. The van der Waals surface area contributed by atoms with Crippen molar-refractivity contribution in [3.8, 4) is 0 Å². The van der Waals surface area contributed by atoms with Crippen LogP contribution in [0.1, 0.15) is 38.9 Å². The molecular formula is C12H21N5O. The number of nitrogens with one attached hydrogen (secondary N) is 1. The second-order valence-corrected chi connectivity index (χ2v) is 5.13. The second-order valence-electron chi connectivity index (χ2n) is 5.13. The van der Waals surface area contributed by atoms with Gasteiger partial charge in [-0.05, 0) is 26.7 Å². The van der Waals surface area contributed by atoms with Crippen LogP contribution in [0.2, 0.25) is 0 Å². The summed E-state index contributed by atoms with van der Waals surface area (Å²) in [4.78, 5) is 12.2. The summed E-state index contributed by atoms with van der Waals surface area (Å²) in [5, 5.41) is 10.8. The van der Waals surface area contributed by atoms with E-state index in [-0.39, 0.29) is 11.9 Å². The number of hydrogen-bond donors (Lipinski definition) is 2. The van der Waals surface area contributed by atoms with Crippen molar-refractivity contribution in [1.82, 2.24) is 20.1 Å². The molecule has 1 aliphatic carbocycles. The molecule has 100 valence electrons. The maximum atomic E-state index is 12.2. The first-order valence-corrected chi connectivity index (χ1v) is 6.48. The number of carbonyl (C=O) groups is 1. The van der Waals surface area contributed by atoms with E-state index in [0.717, 1.165) is 31.6 Å². The van der Waals surface area contributed by atoms with Gasteiger partial charge in [0.1, 0.15) is 6.33 Å². The van der Waals surface area contributed by atoms with Gasteiger partial charge in [0.05, 0.1) is 12.0 Å². The Balaban J connectivity index is 1.96. The van der Waals surface area contributed by atoms with Gasteiger partial charge >= 0.3 is 0 Å². The Bertz CT molecular complexity index is 430. The molecule has 1 saturated carbocycles. The summed E-state index contributed by atoms with van der Waals surface area (Å²) in [7, 11) is 0. The van der Waals surface area contributed by atoms with Gasteiger partial charge in [0, 0.05) is 12.6 Å². The van der Waals surface area contributed by atoms with Crippen molar-refractivity contribution in [3.63, 3.8) is 0 Å². The third-order valence-corrected chi connectivity index (χ3v) is 3.99. The number of nitrogens with two attached hydrogens (primary N) is 1. The molecule has 6 heteroatoms. The second kappa shape index (κ2) is 5.06. The number of amides is 1. The Morgan fingerprint density at radius 1 is 1.72 bits per heavy atom. The highest BCUT2D eigenvalue weighted by molar-refractivity contribution is 5.83. The highest BCUT2D eigenvalue weighted by Gasteiger charge is 2.42. The minimum absolute atomic E-state index is 0.0261. The van der Waals surface area contributed by atoms with E-state index in [9.17, 15) is 4.79 Å². The summed E-state index contributed by atoms with van der Waals surface area (Å²) in [5.74, 6) is 0.805. The lowest BCUT2D eigenvalue weighted by atomic mass is 9.84. The molecule has 2 unspecified atom stereocenters. The lowest BCUT2D eigenvalue weighted by Crippen LogP contribution is -2.47. The van der Waals surface area contributed by atoms with Gasteiger partial charge in [0.15, 0.2) is 5.82 Å². The summed E-state index contributed by atoms with van der Waals surface area (Å²) in [5.41, 5.74) is 5.59. The molecule has 2 atom stereocenters. The van der Waals surface area contributed by atoms with E-state index < -0.39 is 5.41 Å². The van der Waals surface area contributed by atoms with Crippen LogP contribution in [0.15, 0.2) is 6.33 Å². The molecule has 1 amide bonds. The van der Waals surface area contributed by atoms with Crippen molar-refractivity contribution in [2.45, 2.75) is 52.2 Å². The summed E-state index contributed by atoms with van der Waals surface area (Å²) >= 11 is 0. The molecule has 1 aromatic rings. The molecule has 0 aliphatic heterocycles.